The molecule has 3 amide bonds. The Labute approximate surface area is 307 Å². The van der Waals surface area contributed by atoms with E-state index in [2.05, 4.69) is 31.9 Å². The van der Waals surface area contributed by atoms with Crippen LogP contribution in [-0.4, -0.2) is 102 Å². The fourth-order valence-electron chi connectivity index (χ4n) is 8.36. The van der Waals surface area contributed by atoms with Crippen LogP contribution in [0, 0.1) is 11.8 Å². The number of ether oxygens (including phenoxy) is 2. The smallest absolute Gasteiger partial charge is 0.313 e. The summed E-state index contributed by atoms with van der Waals surface area (Å²) in [7, 11) is 1.69. The first-order valence-electron chi connectivity index (χ1n) is 18.5. The van der Waals surface area contributed by atoms with Crippen LogP contribution in [0.5, 0.6) is 0 Å². The number of anilines is 2. The summed E-state index contributed by atoms with van der Waals surface area (Å²) in [4.78, 5) is 63.7. The molecule has 2 bridgehead atoms. The number of amides is 3. The van der Waals surface area contributed by atoms with E-state index in [0.717, 1.165) is 18.8 Å². The highest BCUT2D eigenvalue weighted by atomic mass is 16.6. The molecular weight excluding hydrogens is 660 g/mol. The van der Waals surface area contributed by atoms with E-state index in [4.69, 9.17) is 9.47 Å². The van der Waals surface area contributed by atoms with E-state index in [0.29, 0.717) is 30.5 Å². The quantitative estimate of drug-likeness (QED) is 0.182. The van der Waals surface area contributed by atoms with Gasteiger partial charge >= 0.3 is 5.97 Å². The highest BCUT2D eigenvalue weighted by molar-refractivity contribution is 6.05. The van der Waals surface area contributed by atoms with Gasteiger partial charge in [-0.25, -0.2) is 0 Å². The summed E-state index contributed by atoms with van der Waals surface area (Å²) in [5, 5.41) is 10.4. The van der Waals surface area contributed by atoms with E-state index in [9.17, 15) is 24.3 Å². The first-order chi connectivity index (χ1) is 25.0. The molecule has 0 aromatic heterocycles. The van der Waals surface area contributed by atoms with Gasteiger partial charge in [-0.1, -0.05) is 42.5 Å². The number of aliphatic hydroxyl groups excluding tert-OH is 1. The Balaban J connectivity index is 1.48. The number of rotatable bonds is 17. The Kier molecular flexibility index (Phi) is 12.3. The Morgan fingerprint density at radius 1 is 1.04 bits per heavy atom. The number of hydrogen-bond acceptors (Lipinski definition) is 8. The predicted molar refractivity (Wildman–Crippen MR) is 200 cm³/mol. The molecule has 2 aromatic rings. The number of allylic oxidation sites excluding steroid dienone is 1. The minimum Gasteiger partial charge on any atom is -0.455 e. The molecule has 0 aliphatic carbocycles. The SMILES string of the molecule is C=CCCC(=O)N(C)[C@@H](C)[C@@H](OC(=O)[C@@H]1[C@H]2C(=O)N([C@H](C)CO)[C@H](C(=O)N(CC=C)c3ccc(N(CC)CC)cc3)[C@]23CC[C@H]1O3)c1ccccc1. The molecule has 1 N–H and O–H groups in total. The molecule has 3 heterocycles. The topological polar surface area (TPSA) is 120 Å². The Morgan fingerprint density at radius 3 is 2.29 bits per heavy atom. The van der Waals surface area contributed by atoms with Crippen molar-refractivity contribution >= 4 is 35.1 Å². The van der Waals surface area contributed by atoms with Gasteiger partial charge < -0.3 is 34.2 Å². The molecule has 5 rings (SSSR count). The fourth-order valence-corrected chi connectivity index (χ4v) is 8.36. The summed E-state index contributed by atoms with van der Waals surface area (Å²) < 4.78 is 13.0. The maximum atomic E-state index is 14.9. The maximum absolute atomic E-state index is 14.9. The minimum absolute atomic E-state index is 0.112. The molecular formula is C41H54N4O7. The average Bonchev–Trinajstić information content (AvgIpc) is 3.82. The lowest BCUT2D eigenvalue weighted by Crippen LogP contribution is -2.58. The molecule has 3 saturated heterocycles. The Morgan fingerprint density at radius 2 is 1.69 bits per heavy atom. The molecule has 52 heavy (non-hydrogen) atoms. The van der Waals surface area contributed by atoms with Crippen molar-refractivity contribution in [1.82, 2.24) is 9.80 Å². The zero-order valence-electron chi connectivity index (χ0n) is 31.1. The largest absolute Gasteiger partial charge is 0.455 e. The zero-order valence-corrected chi connectivity index (χ0v) is 31.1. The fraction of sp³-hybridized carbons (Fsp3) is 0.512. The second-order valence-corrected chi connectivity index (χ2v) is 14.1. The summed E-state index contributed by atoms with van der Waals surface area (Å²) in [6.07, 6.45) is 3.51. The highest BCUT2D eigenvalue weighted by Crippen LogP contribution is 2.59. The van der Waals surface area contributed by atoms with E-state index in [1.54, 1.807) is 35.9 Å². The van der Waals surface area contributed by atoms with Gasteiger partial charge in [0.1, 0.15) is 17.7 Å². The van der Waals surface area contributed by atoms with E-state index >= 15 is 0 Å². The summed E-state index contributed by atoms with van der Waals surface area (Å²) in [6.45, 7) is 16.8. The van der Waals surface area contributed by atoms with Gasteiger partial charge in [0, 0.05) is 44.5 Å². The molecule has 0 unspecified atom stereocenters. The molecule has 3 fully saturated rings. The lowest BCUT2D eigenvalue weighted by atomic mass is 9.70. The summed E-state index contributed by atoms with van der Waals surface area (Å²) in [6, 6.07) is 14.6. The summed E-state index contributed by atoms with van der Waals surface area (Å²) in [5.41, 5.74) is 1.08. The summed E-state index contributed by atoms with van der Waals surface area (Å²) >= 11 is 0. The maximum Gasteiger partial charge on any atom is 0.313 e. The second kappa shape index (κ2) is 16.5. The molecule has 2 aromatic carbocycles. The Hall–Kier alpha value is -4.48. The lowest BCUT2D eigenvalue weighted by molar-refractivity contribution is -0.165. The third-order valence-electron chi connectivity index (χ3n) is 11.2. The van der Waals surface area contributed by atoms with Gasteiger partial charge in [0.2, 0.25) is 11.8 Å². The first kappa shape index (κ1) is 38.7. The molecule has 3 aliphatic rings. The van der Waals surface area contributed by atoms with E-state index in [-0.39, 0.29) is 31.4 Å². The lowest BCUT2D eigenvalue weighted by Gasteiger charge is -2.38. The van der Waals surface area contributed by atoms with E-state index in [1.807, 2.05) is 61.5 Å². The molecule has 0 saturated carbocycles. The van der Waals surface area contributed by atoms with Crippen molar-refractivity contribution in [2.45, 2.75) is 89.3 Å². The van der Waals surface area contributed by atoms with Gasteiger partial charge in [0.15, 0.2) is 0 Å². The predicted octanol–water partition coefficient (Wildman–Crippen LogP) is 4.90. The van der Waals surface area contributed by atoms with Crippen LogP contribution in [0.1, 0.15) is 65.0 Å². The van der Waals surface area contributed by atoms with Crippen molar-refractivity contribution in [1.29, 1.82) is 0 Å². The van der Waals surface area contributed by atoms with Crippen molar-refractivity contribution in [2.24, 2.45) is 11.8 Å². The van der Waals surface area contributed by atoms with Crippen LogP contribution in [0.15, 0.2) is 79.9 Å². The van der Waals surface area contributed by atoms with Crippen LogP contribution in [0.4, 0.5) is 11.4 Å². The molecule has 280 valence electrons. The number of benzene rings is 2. The number of esters is 1. The van der Waals surface area contributed by atoms with Crippen LogP contribution in [0.2, 0.25) is 0 Å². The highest BCUT2D eigenvalue weighted by Gasteiger charge is 2.75. The van der Waals surface area contributed by atoms with Crippen molar-refractivity contribution in [3.05, 3.63) is 85.5 Å². The number of nitrogens with zero attached hydrogens (tertiary/aromatic N) is 4. The van der Waals surface area contributed by atoms with Crippen LogP contribution in [-0.2, 0) is 28.7 Å². The van der Waals surface area contributed by atoms with Gasteiger partial charge in [0.05, 0.1) is 36.6 Å². The van der Waals surface area contributed by atoms with Crippen molar-refractivity contribution in [3.8, 4) is 0 Å². The summed E-state index contributed by atoms with van der Waals surface area (Å²) in [5.74, 6) is -3.47. The van der Waals surface area contributed by atoms with Crippen molar-refractivity contribution in [2.75, 3.05) is 43.1 Å². The standard InChI is InChI=1S/C41H54N4O7/c1-8-12-18-33(47)42(7)28(6)36(29-16-14-13-15-17-29)51-40(50)34-32-23-24-41(52-32)35(34)38(48)45(27(5)26-46)37(41)39(49)44(25-9-2)31-21-19-30(20-22-31)43(10-3)11-4/h8-9,13-17,19-22,27-28,32,34-37,46H,1-2,10-12,18,23-26H2,3-7H3/t27-,28+,32-,34+,35+,36-,37-,41+/m1/s1. The van der Waals surface area contributed by atoms with Gasteiger partial charge in [0.25, 0.3) is 5.91 Å². The normalized spacial score (nSPS) is 24.8. The molecule has 3 aliphatic heterocycles. The number of fused-ring (bicyclic) bond motifs is 1. The van der Waals surface area contributed by atoms with Crippen molar-refractivity contribution in [3.63, 3.8) is 0 Å². The van der Waals surface area contributed by atoms with Crippen LogP contribution in [0.25, 0.3) is 0 Å². The number of carbonyl (C=O) groups excluding carboxylic acids is 4. The monoisotopic (exact) mass is 714 g/mol. The number of hydrogen-bond donors (Lipinski definition) is 1. The van der Waals surface area contributed by atoms with Crippen LogP contribution < -0.4 is 9.80 Å². The third kappa shape index (κ3) is 7.00. The van der Waals surface area contributed by atoms with E-state index < -0.39 is 59.6 Å². The average molecular weight is 715 g/mol. The van der Waals surface area contributed by atoms with Crippen LogP contribution >= 0.6 is 0 Å². The third-order valence-corrected chi connectivity index (χ3v) is 11.2. The molecule has 8 atom stereocenters. The minimum atomic E-state index is -1.29. The van der Waals surface area contributed by atoms with Crippen molar-refractivity contribution < 1.29 is 33.8 Å². The number of carbonyl (C=O) groups is 4. The second-order valence-electron chi connectivity index (χ2n) is 14.1. The number of likely N-dealkylation sites (N-methyl/N-ethyl adjacent to an activating group) is 1. The van der Waals surface area contributed by atoms with Gasteiger partial charge in [-0.15, -0.1) is 13.2 Å². The molecule has 0 radical (unpaired) electrons. The zero-order chi connectivity index (χ0) is 37.7. The van der Waals surface area contributed by atoms with Crippen LogP contribution in [0.3, 0.4) is 0 Å². The number of aliphatic hydroxyl groups is 1. The molecule has 11 nitrogen and oxygen atoms in total. The van der Waals surface area contributed by atoms with E-state index in [1.165, 1.54) is 4.90 Å². The number of likely N-dealkylation sites (tertiary alicyclic amines) is 1. The first-order valence-corrected chi connectivity index (χ1v) is 18.5. The van der Waals surface area contributed by atoms with Gasteiger partial charge in [-0.05, 0) is 76.8 Å². The molecule has 11 heteroatoms. The van der Waals surface area contributed by atoms with Gasteiger partial charge in [-0.2, -0.15) is 0 Å². The molecule has 1 spiro atoms. The Bertz CT molecular complexity index is 1610. The van der Waals surface area contributed by atoms with Gasteiger partial charge in [-0.3, -0.25) is 19.2 Å².